The summed E-state index contributed by atoms with van der Waals surface area (Å²) < 4.78 is 1.59. The van der Waals surface area contributed by atoms with Crippen LogP contribution in [0.4, 0.5) is 5.69 Å². The highest BCUT2D eigenvalue weighted by atomic mass is 16.1. The topological polar surface area (TPSA) is 64.0 Å². The van der Waals surface area contributed by atoms with Gasteiger partial charge in [0, 0.05) is 11.3 Å². The maximum atomic E-state index is 13.1. The predicted molar refractivity (Wildman–Crippen MR) is 111 cm³/mol. The summed E-state index contributed by atoms with van der Waals surface area (Å²) in [4.78, 5) is 30.2. The lowest BCUT2D eigenvalue weighted by atomic mass is 10.1. The number of aryl methyl sites for hydroxylation is 1. The Labute approximate surface area is 162 Å². The third-order valence-corrected chi connectivity index (χ3v) is 4.77. The number of para-hydroxylation sites is 1. The van der Waals surface area contributed by atoms with E-state index in [4.69, 9.17) is 0 Å². The molecular formula is C23H19N3O2. The van der Waals surface area contributed by atoms with Crippen molar-refractivity contribution in [2.75, 3.05) is 5.32 Å². The highest BCUT2D eigenvalue weighted by molar-refractivity contribution is 6.04. The molecule has 28 heavy (non-hydrogen) atoms. The second-order valence-corrected chi connectivity index (χ2v) is 6.59. The Morgan fingerprint density at radius 3 is 2.39 bits per heavy atom. The number of nitrogens with one attached hydrogen (secondary N) is 1. The molecule has 0 saturated heterocycles. The molecule has 1 aromatic heterocycles. The van der Waals surface area contributed by atoms with Gasteiger partial charge in [-0.15, -0.1) is 0 Å². The largest absolute Gasteiger partial charge is 0.322 e. The van der Waals surface area contributed by atoms with Crippen LogP contribution in [0.3, 0.4) is 0 Å². The van der Waals surface area contributed by atoms with Crippen LogP contribution < -0.4 is 10.9 Å². The van der Waals surface area contributed by atoms with E-state index in [0.29, 0.717) is 33.7 Å². The van der Waals surface area contributed by atoms with Crippen LogP contribution in [-0.4, -0.2) is 15.5 Å². The van der Waals surface area contributed by atoms with Crippen molar-refractivity contribution in [2.45, 2.75) is 13.8 Å². The van der Waals surface area contributed by atoms with E-state index in [1.54, 1.807) is 22.8 Å². The Morgan fingerprint density at radius 1 is 0.893 bits per heavy atom. The second-order valence-electron chi connectivity index (χ2n) is 6.59. The highest BCUT2D eigenvalue weighted by Crippen LogP contribution is 2.23. The first-order valence-electron chi connectivity index (χ1n) is 9.01. The molecule has 1 amide bonds. The average Bonchev–Trinajstić information content (AvgIpc) is 2.71. The number of aromatic nitrogens is 2. The minimum absolute atomic E-state index is 0.127. The van der Waals surface area contributed by atoms with E-state index in [9.17, 15) is 9.59 Å². The van der Waals surface area contributed by atoms with Crippen LogP contribution in [0.5, 0.6) is 0 Å². The van der Waals surface area contributed by atoms with Crippen molar-refractivity contribution in [2.24, 2.45) is 0 Å². The lowest BCUT2D eigenvalue weighted by Crippen LogP contribution is -2.23. The number of anilines is 1. The zero-order valence-corrected chi connectivity index (χ0v) is 15.6. The summed E-state index contributed by atoms with van der Waals surface area (Å²) in [6.07, 6.45) is 0. The molecule has 1 N–H and O–H groups in total. The summed E-state index contributed by atoms with van der Waals surface area (Å²) in [6, 6.07) is 21.8. The number of hydrogen-bond acceptors (Lipinski definition) is 3. The van der Waals surface area contributed by atoms with Gasteiger partial charge in [-0.05, 0) is 55.8 Å². The van der Waals surface area contributed by atoms with Gasteiger partial charge in [-0.3, -0.25) is 14.2 Å². The number of carbonyl (C=O) groups excluding carboxylic acids is 1. The quantitative estimate of drug-likeness (QED) is 0.587. The zero-order chi connectivity index (χ0) is 19.7. The number of fused-ring (bicyclic) bond motifs is 1. The summed E-state index contributed by atoms with van der Waals surface area (Å²) in [7, 11) is 0. The third-order valence-electron chi connectivity index (χ3n) is 4.77. The summed E-state index contributed by atoms with van der Waals surface area (Å²) in [6.45, 7) is 3.69. The number of carbonyl (C=O) groups is 1. The standard InChI is InChI=1S/C23H19N3O2/c1-15-19(25-22(27)17-9-4-3-5-10-17)13-8-14-21(15)26-16(2)24-20-12-7-6-11-18(20)23(26)28/h3-14H,1-2H3,(H,25,27). The van der Waals surface area contributed by atoms with Crippen molar-refractivity contribution in [1.29, 1.82) is 0 Å². The smallest absolute Gasteiger partial charge is 0.265 e. The SMILES string of the molecule is Cc1c(NC(=O)c2ccccc2)cccc1-n1c(C)nc2ccccc2c1=O. The Morgan fingerprint density at radius 2 is 1.61 bits per heavy atom. The first-order valence-corrected chi connectivity index (χ1v) is 9.01. The van der Waals surface area contributed by atoms with Crippen LogP contribution in [0.2, 0.25) is 0 Å². The summed E-state index contributed by atoms with van der Waals surface area (Å²) in [5.74, 6) is 0.403. The Bertz CT molecular complexity index is 1240. The van der Waals surface area contributed by atoms with Crippen LogP contribution in [0.15, 0.2) is 77.6 Å². The van der Waals surface area contributed by atoms with Gasteiger partial charge in [-0.25, -0.2) is 4.98 Å². The first-order chi connectivity index (χ1) is 13.6. The zero-order valence-electron chi connectivity index (χ0n) is 15.6. The van der Waals surface area contributed by atoms with Crippen molar-refractivity contribution >= 4 is 22.5 Å². The van der Waals surface area contributed by atoms with E-state index in [1.807, 2.05) is 68.4 Å². The van der Waals surface area contributed by atoms with Gasteiger partial charge in [0.1, 0.15) is 5.82 Å². The van der Waals surface area contributed by atoms with Crippen molar-refractivity contribution in [1.82, 2.24) is 9.55 Å². The van der Waals surface area contributed by atoms with Gasteiger partial charge in [0.15, 0.2) is 0 Å². The lowest BCUT2D eigenvalue weighted by molar-refractivity contribution is 0.102. The molecule has 0 aliphatic rings. The second kappa shape index (κ2) is 7.12. The van der Waals surface area contributed by atoms with Gasteiger partial charge >= 0.3 is 0 Å². The Kier molecular flexibility index (Phi) is 4.49. The van der Waals surface area contributed by atoms with E-state index in [0.717, 1.165) is 5.56 Å². The maximum Gasteiger partial charge on any atom is 0.265 e. The van der Waals surface area contributed by atoms with Crippen molar-refractivity contribution < 1.29 is 4.79 Å². The molecule has 4 rings (SSSR count). The van der Waals surface area contributed by atoms with Crippen LogP contribution in [-0.2, 0) is 0 Å². The predicted octanol–water partition coefficient (Wildman–Crippen LogP) is 4.25. The van der Waals surface area contributed by atoms with Gasteiger partial charge in [-0.1, -0.05) is 36.4 Å². The molecule has 0 bridgehead atoms. The third kappa shape index (κ3) is 3.07. The van der Waals surface area contributed by atoms with Gasteiger partial charge in [0.2, 0.25) is 0 Å². The molecule has 0 aliphatic carbocycles. The fraction of sp³-hybridized carbons (Fsp3) is 0.0870. The molecule has 0 saturated carbocycles. The number of hydrogen-bond donors (Lipinski definition) is 1. The monoisotopic (exact) mass is 369 g/mol. The number of rotatable bonds is 3. The van der Waals surface area contributed by atoms with Crippen molar-refractivity contribution in [3.05, 3.63) is 100 Å². The Balaban J connectivity index is 1.81. The van der Waals surface area contributed by atoms with Crippen LogP contribution in [0.25, 0.3) is 16.6 Å². The van der Waals surface area contributed by atoms with E-state index in [2.05, 4.69) is 10.3 Å². The van der Waals surface area contributed by atoms with Gasteiger partial charge in [0.25, 0.3) is 11.5 Å². The number of benzene rings is 3. The number of nitrogens with zero attached hydrogens (tertiary/aromatic N) is 2. The molecule has 0 fully saturated rings. The van der Waals surface area contributed by atoms with Crippen LogP contribution in [0.1, 0.15) is 21.7 Å². The fourth-order valence-electron chi connectivity index (χ4n) is 3.31. The van der Waals surface area contributed by atoms with Crippen molar-refractivity contribution in [3.63, 3.8) is 0 Å². The molecule has 0 unspecified atom stereocenters. The molecule has 1 heterocycles. The first kappa shape index (κ1) is 17.7. The summed E-state index contributed by atoms with van der Waals surface area (Å²) in [5, 5.41) is 3.50. The van der Waals surface area contributed by atoms with Gasteiger partial charge in [0.05, 0.1) is 16.6 Å². The highest BCUT2D eigenvalue weighted by Gasteiger charge is 2.14. The minimum atomic E-state index is -0.193. The van der Waals surface area contributed by atoms with E-state index < -0.39 is 0 Å². The Hall–Kier alpha value is -3.73. The van der Waals surface area contributed by atoms with Gasteiger partial charge < -0.3 is 5.32 Å². The van der Waals surface area contributed by atoms with Crippen LogP contribution in [0, 0.1) is 13.8 Å². The molecule has 0 aliphatic heterocycles. The number of amides is 1. The van der Waals surface area contributed by atoms with E-state index >= 15 is 0 Å². The minimum Gasteiger partial charge on any atom is -0.322 e. The van der Waals surface area contributed by atoms with E-state index in [1.165, 1.54) is 0 Å². The molecule has 3 aromatic carbocycles. The fourth-order valence-corrected chi connectivity index (χ4v) is 3.31. The lowest BCUT2D eigenvalue weighted by Gasteiger charge is -2.16. The van der Waals surface area contributed by atoms with Gasteiger partial charge in [-0.2, -0.15) is 0 Å². The summed E-state index contributed by atoms with van der Waals surface area (Å²) >= 11 is 0. The molecular weight excluding hydrogens is 350 g/mol. The normalized spacial score (nSPS) is 10.8. The molecule has 5 nitrogen and oxygen atoms in total. The van der Waals surface area contributed by atoms with E-state index in [-0.39, 0.29) is 11.5 Å². The van der Waals surface area contributed by atoms with Crippen molar-refractivity contribution in [3.8, 4) is 5.69 Å². The summed E-state index contributed by atoms with van der Waals surface area (Å²) in [5.41, 5.74) is 3.28. The maximum absolute atomic E-state index is 13.1. The van der Waals surface area contributed by atoms with Crippen LogP contribution >= 0.6 is 0 Å². The molecule has 0 spiro atoms. The molecule has 5 heteroatoms. The average molecular weight is 369 g/mol. The molecule has 4 aromatic rings. The molecule has 0 atom stereocenters. The molecule has 0 radical (unpaired) electrons. The molecule has 138 valence electrons.